The molecule has 3 rings (SSSR count). The van der Waals surface area contributed by atoms with Crippen LogP contribution in [0, 0.1) is 5.82 Å². The van der Waals surface area contributed by atoms with Crippen molar-refractivity contribution in [3.05, 3.63) is 35.8 Å². The lowest BCUT2D eigenvalue weighted by molar-refractivity contribution is 0.0345. The molecule has 3 N–H and O–H groups in total. The summed E-state index contributed by atoms with van der Waals surface area (Å²) in [6.45, 7) is 6.90. The average Bonchev–Trinajstić information content (AvgIpc) is 2.77. The first kappa shape index (κ1) is 22.7. The van der Waals surface area contributed by atoms with Crippen molar-refractivity contribution < 1.29 is 23.5 Å². The van der Waals surface area contributed by atoms with E-state index in [0.717, 1.165) is 39.3 Å². The summed E-state index contributed by atoms with van der Waals surface area (Å²) in [6.07, 6.45) is 1.70. The number of urea groups is 1. The Bertz CT molecular complexity index is 905. The number of pyridine rings is 1. The van der Waals surface area contributed by atoms with Gasteiger partial charge in [-0.1, -0.05) is 6.07 Å². The van der Waals surface area contributed by atoms with Crippen LogP contribution < -0.4 is 16.0 Å². The van der Waals surface area contributed by atoms with Crippen LogP contribution in [0.15, 0.2) is 24.4 Å². The van der Waals surface area contributed by atoms with Crippen molar-refractivity contribution in [1.82, 2.24) is 20.5 Å². The molecular weight excluding hydrogens is 405 g/mol. The quantitative estimate of drug-likeness (QED) is 0.553. The van der Waals surface area contributed by atoms with Crippen LogP contribution in [0.3, 0.4) is 0 Å². The molecule has 2 heterocycles. The van der Waals surface area contributed by atoms with Gasteiger partial charge in [-0.2, -0.15) is 0 Å². The topological polar surface area (TPSA) is 105 Å². The van der Waals surface area contributed by atoms with E-state index >= 15 is 0 Å². The third kappa shape index (κ3) is 6.76. The van der Waals surface area contributed by atoms with Crippen LogP contribution in [0.25, 0.3) is 10.8 Å². The van der Waals surface area contributed by atoms with Crippen LogP contribution in [0.4, 0.5) is 19.8 Å². The molecule has 0 bridgehead atoms. The third-order valence-electron chi connectivity index (χ3n) is 4.90. The van der Waals surface area contributed by atoms with Crippen LogP contribution in [-0.2, 0) is 16.0 Å². The smallest absolute Gasteiger partial charge is 0.407 e. The number of fused-ring (bicyclic) bond motifs is 1. The van der Waals surface area contributed by atoms with E-state index in [2.05, 4.69) is 25.8 Å². The zero-order valence-electron chi connectivity index (χ0n) is 17.6. The van der Waals surface area contributed by atoms with Crippen molar-refractivity contribution in [1.29, 1.82) is 0 Å². The fraction of sp³-hybridized carbons (Fsp3) is 0.476. The number of rotatable bonds is 8. The highest BCUT2D eigenvalue weighted by molar-refractivity contribution is 5.93. The van der Waals surface area contributed by atoms with E-state index < -0.39 is 17.9 Å². The molecule has 0 saturated carbocycles. The molecule has 0 unspecified atom stereocenters. The number of anilines is 1. The highest BCUT2D eigenvalue weighted by atomic mass is 19.1. The largest absolute Gasteiger partial charge is 0.450 e. The molecule has 0 spiro atoms. The molecule has 1 saturated heterocycles. The number of ether oxygens (including phenoxy) is 2. The van der Waals surface area contributed by atoms with E-state index in [-0.39, 0.29) is 12.4 Å². The molecule has 3 amide bonds. The summed E-state index contributed by atoms with van der Waals surface area (Å²) in [5.41, 5.74) is 0.693. The molecule has 1 aliphatic heterocycles. The molecule has 2 aromatic rings. The Hall–Kier alpha value is -2.98. The lowest BCUT2D eigenvalue weighted by atomic mass is 10.1. The second-order valence-electron chi connectivity index (χ2n) is 7.10. The predicted molar refractivity (Wildman–Crippen MR) is 114 cm³/mol. The summed E-state index contributed by atoms with van der Waals surface area (Å²) in [4.78, 5) is 30.1. The van der Waals surface area contributed by atoms with Gasteiger partial charge in [0.2, 0.25) is 0 Å². The van der Waals surface area contributed by atoms with E-state index in [1.54, 1.807) is 13.0 Å². The van der Waals surface area contributed by atoms with E-state index in [1.807, 2.05) is 0 Å². The molecular formula is C21H28FN5O4. The van der Waals surface area contributed by atoms with Crippen LogP contribution >= 0.6 is 0 Å². The Balaban J connectivity index is 1.51. The van der Waals surface area contributed by atoms with Gasteiger partial charge in [0.25, 0.3) is 0 Å². The van der Waals surface area contributed by atoms with E-state index in [0.29, 0.717) is 29.5 Å². The second-order valence-corrected chi connectivity index (χ2v) is 7.10. The summed E-state index contributed by atoms with van der Waals surface area (Å²) < 4.78 is 24.8. The van der Waals surface area contributed by atoms with Gasteiger partial charge in [0, 0.05) is 49.7 Å². The molecule has 168 valence electrons. The Kier molecular flexibility index (Phi) is 8.36. The van der Waals surface area contributed by atoms with Gasteiger partial charge < -0.3 is 20.1 Å². The third-order valence-corrected chi connectivity index (χ3v) is 4.90. The first-order valence-corrected chi connectivity index (χ1v) is 10.4. The van der Waals surface area contributed by atoms with Crippen molar-refractivity contribution in [3.8, 4) is 0 Å². The second kappa shape index (κ2) is 11.4. The van der Waals surface area contributed by atoms with Gasteiger partial charge in [-0.3, -0.25) is 10.2 Å². The molecule has 31 heavy (non-hydrogen) atoms. The SMILES string of the molecule is CCNC(=O)Nc1cc2c(F)ccc(CNC(=O)OCCCN3CCOCC3)c2cn1. The molecule has 1 aromatic heterocycles. The molecule has 1 fully saturated rings. The first-order chi connectivity index (χ1) is 15.1. The molecule has 9 nitrogen and oxygen atoms in total. The number of nitrogens with zero attached hydrogens (tertiary/aromatic N) is 2. The number of benzene rings is 1. The maximum atomic E-state index is 14.3. The van der Waals surface area contributed by atoms with Gasteiger partial charge in [-0.25, -0.2) is 19.0 Å². The van der Waals surface area contributed by atoms with Gasteiger partial charge >= 0.3 is 12.1 Å². The fourth-order valence-corrected chi connectivity index (χ4v) is 3.30. The van der Waals surface area contributed by atoms with Crippen molar-refractivity contribution in [2.75, 3.05) is 51.3 Å². The predicted octanol–water partition coefficient (Wildman–Crippen LogP) is 2.46. The monoisotopic (exact) mass is 433 g/mol. The highest BCUT2D eigenvalue weighted by Gasteiger charge is 2.12. The number of halogens is 1. The fourth-order valence-electron chi connectivity index (χ4n) is 3.30. The van der Waals surface area contributed by atoms with Crippen molar-refractivity contribution in [3.63, 3.8) is 0 Å². The van der Waals surface area contributed by atoms with Crippen molar-refractivity contribution in [2.45, 2.75) is 19.9 Å². The minimum absolute atomic E-state index is 0.170. The number of nitrogens with one attached hydrogen (secondary N) is 3. The van der Waals surface area contributed by atoms with Gasteiger partial charge in [0.15, 0.2) is 0 Å². The van der Waals surface area contributed by atoms with Crippen LogP contribution in [0.5, 0.6) is 0 Å². The number of aromatic nitrogens is 1. The Labute approximate surface area is 180 Å². The summed E-state index contributed by atoms with van der Waals surface area (Å²) in [7, 11) is 0. The number of hydrogen-bond acceptors (Lipinski definition) is 6. The number of morpholine rings is 1. The Morgan fingerprint density at radius 3 is 2.81 bits per heavy atom. The summed E-state index contributed by atoms with van der Waals surface area (Å²) in [6, 6.07) is 3.97. The lowest BCUT2D eigenvalue weighted by Gasteiger charge is -2.26. The normalized spacial score (nSPS) is 14.3. The highest BCUT2D eigenvalue weighted by Crippen LogP contribution is 2.23. The van der Waals surface area contributed by atoms with Gasteiger partial charge in [0.05, 0.1) is 19.8 Å². The van der Waals surface area contributed by atoms with Crippen LogP contribution in [0.1, 0.15) is 18.9 Å². The van der Waals surface area contributed by atoms with Crippen LogP contribution in [-0.4, -0.2) is 68.0 Å². The minimum Gasteiger partial charge on any atom is -0.450 e. The van der Waals surface area contributed by atoms with Gasteiger partial charge in [0.1, 0.15) is 11.6 Å². The number of alkyl carbamates (subject to hydrolysis) is 1. The lowest BCUT2D eigenvalue weighted by Crippen LogP contribution is -2.37. The minimum atomic E-state index is -0.526. The molecule has 1 aromatic carbocycles. The maximum Gasteiger partial charge on any atom is 0.407 e. The maximum absolute atomic E-state index is 14.3. The average molecular weight is 433 g/mol. The van der Waals surface area contributed by atoms with E-state index in [1.165, 1.54) is 18.3 Å². The van der Waals surface area contributed by atoms with E-state index in [4.69, 9.17) is 9.47 Å². The number of hydrogen-bond donors (Lipinski definition) is 3. The first-order valence-electron chi connectivity index (χ1n) is 10.4. The number of carbonyl (C=O) groups is 2. The zero-order valence-corrected chi connectivity index (χ0v) is 17.6. The Morgan fingerprint density at radius 1 is 1.23 bits per heavy atom. The molecule has 0 atom stereocenters. The van der Waals surface area contributed by atoms with Gasteiger partial charge in [-0.15, -0.1) is 0 Å². The van der Waals surface area contributed by atoms with Crippen molar-refractivity contribution in [2.24, 2.45) is 0 Å². The Morgan fingerprint density at radius 2 is 2.03 bits per heavy atom. The summed E-state index contributed by atoms with van der Waals surface area (Å²) in [5, 5.41) is 8.69. The van der Waals surface area contributed by atoms with Crippen molar-refractivity contribution >= 4 is 28.7 Å². The van der Waals surface area contributed by atoms with Gasteiger partial charge in [-0.05, 0) is 31.0 Å². The number of carbonyl (C=O) groups excluding carboxylic acids is 2. The molecule has 1 aliphatic rings. The molecule has 0 aliphatic carbocycles. The standard InChI is InChI=1S/C21H28FN5O4/c1-2-23-20(28)26-19-12-16-17(14-24-19)15(4-5-18(16)22)13-25-21(29)31-9-3-6-27-7-10-30-11-8-27/h4-5,12,14H,2-3,6-11,13H2,1H3,(H,25,29)(H2,23,24,26,28). The molecule has 10 heteroatoms. The summed E-state index contributed by atoms with van der Waals surface area (Å²) >= 11 is 0. The molecule has 0 radical (unpaired) electrons. The zero-order chi connectivity index (χ0) is 22.1. The van der Waals surface area contributed by atoms with E-state index in [9.17, 15) is 14.0 Å². The van der Waals surface area contributed by atoms with Crippen LogP contribution in [0.2, 0.25) is 0 Å². The summed E-state index contributed by atoms with van der Waals surface area (Å²) in [5.74, 6) is -0.201. The number of amides is 3.